The summed E-state index contributed by atoms with van der Waals surface area (Å²) in [6.07, 6.45) is 1.92. The minimum absolute atomic E-state index is 0.229. The molecule has 7 nitrogen and oxygen atoms in total. The van der Waals surface area contributed by atoms with E-state index in [-0.39, 0.29) is 6.54 Å². The van der Waals surface area contributed by atoms with Gasteiger partial charge >= 0.3 is 0 Å². The van der Waals surface area contributed by atoms with E-state index in [0.29, 0.717) is 17.0 Å². The molecule has 0 amide bonds. The number of nitrogens with two attached hydrogens (primary N) is 2. The van der Waals surface area contributed by atoms with Crippen LogP contribution in [0.1, 0.15) is 0 Å². The maximum Gasteiger partial charge on any atom is 0.165 e. The number of nitrogens with zero attached hydrogens (tertiary/aromatic N) is 4. The molecule has 74 valence electrons. The third-order valence-electron chi connectivity index (χ3n) is 1.81. The van der Waals surface area contributed by atoms with Crippen LogP contribution in [0, 0.1) is 0 Å². The van der Waals surface area contributed by atoms with Gasteiger partial charge in [-0.3, -0.25) is 0 Å². The lowest BCUT2D eigenvalue weighted by Gasteiger charge is -2.05. The first-order valence-electron chi connectivity index (χ1n) is 4.03. The molecule has 0 radical (unpaired) electrons. The third kappa shape index (κ3) is 1.38. The van der Waals surface area contributed by atoms with Crippen LogP contribution in [-0.4, -0.2) is 30.9 Å². The van der Waals surface area contributed by atoms with Crippen molar-refractivity contribution in [1.29, 1.82) is 0 Å². The highest BCUT2D eigenvalue weighted by Crippen LogP contribution is 2.13. The Morgan fingerprint density at radius 1 is 1.43 bits per heavy atom. The maximum absolute atomic E-state index is 9.01. The van der Waals surface area contributed by atoms with E-state index in [2.05, 4.69) is 15.0 Å². The molecule has 2 aromatic heterocycles. The van der Waals surface area contributed by atoms with Crippen molar-refractivity contribution >= 4 is 17.0 Å². The van der Waals surface area contributed by atoms with Crippen molar-refractivity contribution in [3.05, 3.63) is 12.7 Å². The zero-order chi connectivity index (χ0) is 10.1. The van der Waals surface area contributed by atoms with Gasteiger partial charge in [0, 0.05) is 0 Å². The summed E-state index contributed by atoms with van der Waals surface area (Å²) in [7, 11) is 0. The number of fused-ring (bicyclic) bond motifs is 1. The van der Waals surface area contributed by atoms with E-state index >= 15 is 0 Å². The molecule has 0 aliphatic rings. The van der Waals surface area contributed by atoms with Gasteiger partial charge in [0.25, 0.3) is 0 Å². The summed E-state index contributed by atoms with van der Waals surface area (Å²) >= 11 is 0. The molecular formula is C7H10N6O. The lowest BCUT2D eigenvalue weighted by molar-refractivity contribution is 0.162. The van der Waals surface area contributed by atoms with Gasteiger partial charge in [-0.1, -0.05) is 0 Å². The molecule has 14 heavy (non-hydrogen) atoms. The van der Waals surface area contributed by atoms with Crippen LogP contribution >= 0.6 is 0 Å². The lowest BCUT2D eigenvalue weighted by atomic mass is 10.5. The zero-order valence-electron chi connectivity index (χ0n) is 7.33. The number of aromatic nitrogens is 4. The molecule has 0 fully saturated rings. The number of rotatable bonds is 2. The first-order chi connectivity index (χ1) is 6.68. The second kappa shape index (κ2) is 3.20. The predicted octanol–water partition coefficient (Wildman–Crippen LogP) is -1.31. The summed E-state index contributed by atoms with van der Waals surface area (Å²) in [6, 6.07) is 0. The number of aliphatic hydroxyl groups is 1. The van der Waals surface area contributed by atoms with Crippen LogP contribution in [0.2, 0.25) is 0 Å². The van der Waals surface area contributed by atoms with Gasteiger partial charge in [0.2, 0.25) is 0 Å². The number of imidazole rings is 1. The van der Waals surface area contributed by atoms with Gasteiger partial charge in [-0.25, -0.2) is 15.0 Å². The smallest absolute Gasteiger partial charge is 0.165 e. The standard InChI is InChI=1S/C7H10N6O/c8-4(14)1-13-3-12-5-6(9)10-2-11-7(5)13/h2-4,14H,1,8H2,(H2,9,10,11). The third-order valence-corrected chi connectivity index (χ3v) is 1.81. The average Bonchev–Trinajstić information content (AvgIpc) is 2.49. The van der Waals surface area contributed by atoms with Crippen LogP contribution in [0.3, 0.4) is 0 Å². The monoisotopic (exact) mass is 194 g/mol. The highest BCUT2D eigenvalue weighted by molar-refractivity contribution is 5.81. The van der Waals surface area contributed by atoms with E-state index in [1.54, 1.807) is 4.57 Å². The number of nitrogen functional groups attached to an aromatic ring is 1. The normalized spacial score (nSPS) is 13.3. The van der Waals surface area contributed by atoms with Crippen molar-refractivity contribution in [2.45, 2.75) is 12.8 Å². The minimum atomic E-state index is -0.941. The van der Waals surface area contributed by atoms with E-state index in [0.717, 1.165) is 0 Å². The van der Waals surface area contributed by atoms with Crippen molar-refractivity contribution in [1.82, 2.24) is 19.5 Å². The van der Waals surface area contributed by atoms with Crippen molar-refractivity contribution in [2.75, 3.05) is 5.73 Å². The Hall–Kier alpha value is -1.73. The molecule has 2 heterocycles. The van der Waals surface area contributed by atoms with Crippen LogP contribution in [-0.2, 0) is 6.54 Å². The molecule has 0 saturated carbocycles. The van der Waals surface area contributed by atoms with Crippen LogP contribution in [0.4, 0.5) is 5.82 Å². The Balaban J connectivity index is 2.52. The van der Waals surface area contributed by atoms with Gasteiger partial charge in [0.1, 0.15) is 18.1 Å². The fraction of sp³-hybridized carbons (Fsp3) is 0.286. The zero-order valence-corrected chi connectivity index (χ0v) is 7.33. The molecule has 0 bridgehead atoms. The van der Waals surface area contributed by atoms with E-state index in [1.165, 1.54) is 12.7 Å². The fourth-order valence-electron chi connectivity index (χ4n) is 1.23. The van der Waals surface area contributed by atoms with Gasteiger partial charge in [-0.2, -0.15) is 0 Å². The predicted molar refractivity (Wildman–Crippen MR) is 49.9 cm³/mol. The second-order valence-corrected chi connectivity index (χ2v) is 2.90. The summed E-state index contributed by atoms with van der Waals surface area (Å²) in [5.74, 6) is 0.320. The molecular weight excluding hydrogens is 184 g/mol. The molecule has 0 spiro atoms. The summed E-state index contributed by atoms with van der Waals surface area (Å²) in [4.78, 5) is 11.8. The highest BCUT2D eigenvalue weighted by Gasteiger charge is 2.08. The molecule has 0 aromatic carbocycles. The van der Waals surface area contributed by atoms with Gasteiger partial charge in [0.15, 0.2) is 11.5 Å². The first-order valence-corrected chi connectivity index (χ1v) is 4.03. The van der Waals surface area contributed by atoms with Crippen molar-refractivity contribution in [3.8, 4) is 0 Å². The molecule has 7 heteroatoms. The molecule has 0 aliphatic carbocycles. The maximum atomic E-state index is 9.01. The van der Waals surface area contributed by atoms with E-state index in [1.807, 2.05) is 0 Å². The van der Waals surface area contributed by atoms with E-state index < -0.39 is 6.23 Å². The van der Waals surface area contributed by atoms with Gasteiger partial charge in [-0.15, -0.1) is 0 Å². The SMILES string of the molecule is Nc1ncnc2c1ncn2CC(N)O. The van der Waals surface area contributed by atoms with Crippen molar-refractivity contribution in [3.63, 3.8) is 0 Å². The second-order valence-electron chi connectivity index (χ2n) is 2.90. The number of anilines is 1. The summed E-state index contributed by atoms with van der Waals surface area (Å²) in [5, 5.41) is 9.01. The first kappa shape index (κ1) is 8.85. The Kier molecular flexibility index (Phi) is 2.02. The topological polar surface area (TPSA) is 116 Å². The van der Waals surface area contributed by atoms with Gasteiger partial charge in [0.05, 0.1) is 12.9 Å². The molecule has 2 rings (SSSR count). The van der Waals surface area contributed by atoms with Crippen molar-refractivity contribution < 1.29 is 5.11 Å². The molecule has 0 saturated heterocycles. The lowest BCUT2D eigenvalue weighted by Crippen LogP contribution is -2.25. The molecule has 1 atom stereocenters. The highest BCUT2D eigenvalue weighted by atomic mass is 16.3. The Morgan fingerprint density at radius 2 is 2.21 bits per heavy atom. The van der Waals surface area contributed by atoms with Crippen molar-refractivity contribution in [2.24, 2.45) is 5.73 Å². The number of hydrogen-bond donors (Lipinski definition) is 3. The summed E-state index contributed by atoms with van der Waals surface area (Å²) in [5.41, 5.74) is 11.9. The van der Waals surface area contributed by atoms with E-state index in [9.17, 15) is 0 Å². The number of aliphatic hydroxyl groups excluding tert-OH is 1. The van der Waals surface area contributed by atoms with Crippen LogP contribution in [0.15, 0.2) is 12.7 Å². The van der Waals surface area contributed by atoms with Crippen LogP contribution in [0.5, 0.6) is 0 Å². The van der Waals surface area contributed by atoms with Gasteiger partial charge < -0.3 is 21.1 Å². The largest absolute Gasteiger partial charge is 0.382 e. The molecule has 5 N–H and O–H groups in total. The Labute approximate surface area is 79.4 Å². The number of hydrogen-bond acceptors (Lipinski definition) is 6. The Morgan fingerprint density at radius 3 is 2.93 bits per heavy atom. The van der Waals surface area contributed by atoms with Crippen LogP contribution in [0.25, 0.3) is 11.2 Å². The summed E-state index contributed by atoms with van der Waals surface area (Å²) in [6.45, 7) is 0.229. The molecule has 0 aliphatic heterocycles. The quantitative estimate of drug-likeness (QED) is 0.511. The Bertz CT molecular complexity index is 450. The van der Waals surface area contributed by atoms with E-state index in [4.69, 9.17) is 16.6 Å². The summed E-state index contributed by atoms with van der Waals surface area (Å²) < 4.78 is 1.62. The average molecular weight is 194 g/mol. The minimum Gasteiger partial charge on any atom is -0.382 e. The van der Waals surface area contributed by atoms with Crippen LogP contribution < -0.4 is 11.5 Å². The molecule has 2 aromatic rings. The van der Waals surface area contributed by atoms with Gasteiger partial charge in [-0.05, 0) is 0 Å². The molecule has 1 unspecified atom stereocenters. The fourth-order valence-corrected chi connectivity index (χ4v) is 1.23.